The van der Waals surface area contributed by atoms with Crippen molar-refractivity contribution >= 4 is 29.3 Å². The zero-order valence-corrected chi connectivity index (χ0v) is 7.83. The van der Waals surface area contributed by atoms with Crippen LogP contribution < -0.4 is 5.73 Å². The Hall–Kier alpha value is 0.210. The maximum atomic E-state index is 10.7. The van der Waals surface area contributed by atoms with Gasteiger partial charge in [-0.25, -0.2) is 0 Å². The van der Waals surface area contributed by atoms with E-state index in [-0.39, 0.29) is 29.6 Å². The fourth-order valence-electron chi connectivity index (χ4n) is 1.43. The van der Waals surface area contributed by atoms with Crippen molar-refractivity contribution in [2.45, 2.75) is 31.7 Å². The van der Waals surface area contributed by atoms with E-state index >= 15 is 0 Å². The molecule has 0 heterocycles. The van der Waals surface area contributed by atoms with Crippen molar-refractivity contribution in [1.29, 1.82) is 0 Å². The predicted octanol–water partition coefficient (Wildman–Crippen LogP) is 1.69. The number of rotatable bonds is 1. The van der Waals surface area contributed by atoms with Gasteiger partial charge in [0.25, 0.3) is 0 Å². The van der Waals surface area contributed by atoms with Crippen molar-refractivity contribution in [3.63, 3.8) is 0 Å². The summed E-state index contributed by atoms with van der Waals surface area (Å²) in [5.41, 5.74) is 5.65. The summed E-state index contributed by atoms with van der Waals surface area (Å²) >= 11 is 5.33. The van der Waals surface area contributed by atoms with Crippen LogP contribution in [0.5, 0.6) is 0 Å². The van der Waals surface area contributed by atoms with E-state index in [4.69, 9.17) is 17.3 Å². The molecule has 0 amide bonds. The fraction of sp³-hybridized carbons (Fsp3) is 0.857. The monoisotopic (exact) mass is 197 g/mol. The molecule has 0 saturated heterocycles. The largest absolute Gasteiger partial charge is 0.328 e. The van der Waals surface area contributed by atoms with E-state index < -0.39 is 0 Å². The van der Waals surface area contributed by atoms with Gasteiger partial charge in [0.2, 0.25) is 5.24 Å². The van der Waals surface area contributed by atoms with Crippen LogP contribution in [0.1, 0.15) is 25.7 Å². The minimum atomic E-state index is -0.213. The number of carbonyl (C=O) groups is 1. The van der Waals surface area contributed by atoms with Crippen LogP contribution in [0.25, 0.3) is 0 Å². The Labute approximate surface area is 77.9 Å². The van der Waals surface area contributed by atoms with Crippen molar-refractivity contribution in [3.8, 4) is 0 Å². The molecule has 0 aromatic heterocycles. The summed E-state index contributed by atoms with van der Waals surface area (Å²) in [6.45, 7) is 0. The molecule has 2 atom stereocenters. The van der Waals surface area contributed by atoms with E-state index in [0.29, 0.717) is 0 Å². The quantitative estimate of drug-likeness (QED) is 0.651. The molecule has 4 heteroatoms. The highest BCUT2D eigenvalue weighted by atomic mass is 35.5. The van der Waals surface area contributed by atoms with Crippen molar-refractivity contribution in [2.75, 3.05) is 0 Å². The summed E-state index contributed by atoms with van der Waals surface area (Å²) in [4.78, 5) is 10.7. The third-order valence-corrected chi connectivity index (χ3v) is 2.34. The highest BCUT2D eigenvalue weighted by Crippen LogP contribution is 2.24. The highest BCUT2D eigenvalue weighted by molar-refractivity contribution is 6.63. The zero-order chi connectivity index (χ0) is 7.56. The van der Waals surface area contributed by atoms with E-state index in [1.807, 2.05) is 0 Å². The van der Waals surface area contributed by atoms with Crippen molar-refractivity contribution in [2.24, 2.45) is 11.7 Å². The molecule has 2 nitrogen and oxygen atoms in total. The van der Waals surface area contributed by atoms with Gasteiger partial charge in [-0.3, -0.25) is 4.79 Å². The molecule has 2 N–H and O–H groups in total. The minimum absolute atomic E-state index is 0. The van der Waals surface area contributed by atoms with Crippen LogP contribution in [0.2, 0.25) is 0 Å². The van der Waals surface area contributed by atoms with Crippen LogP contribution in [-0.2, 0) is 4.79 Å². The van der Waals surface area contributed by atoms with Gasteiger partial charge in [-0.05, 0) is 30.9 Å². The maximum Gasteiger partial charge on any atom is 0.224 e. The molecule has 66 valence electrons. The predicted molar refractivity (Wildman–Crippen MR) is 48.0 cm³/mol. The lowest BCUT2D eigenvalue weighted by atomic mass is 9.87. The third-order valence-electron chi connectivity index (χ3n) is 2.04. The summed E-state index contributed by atoms with van der Waals surface area (Å²) in [5.74, 6) is 0.0328. The summed E-state index contributed by atoms with van der Waals surface area (Å²) in [7, 11) is 0. The summed E-state index contributed by atoms with van der Waals surface area (Å²) in [6.07, 6.45) is 3.79. The second-order valence-electron chi connectivity index (χ2n) is 2.93. The van der Waals surface area contributed by atoms with E-state index in [1.54, 1.807) is 0 Å². The molecular formula is C7H13Cl2NO. The second kappa shape index (κ2) is 4.96. The van der Waals surface area contributed by atoms with Crippen LogP contribution >= 0.6 is 24.0 Å². The van der Waals surface area contributed by atoms with E-state index in [9.17, 15) is 4.79 Å². The molecule has 0 aromatic rings. The van der Waals surface area contributed by atoms with Crippen LogP contribution in [0.4, 0.5) is 0 Å². The van der Waals surface area contributed by atoms with Crippen LogP contribution in [-0.4, -0.2) is 11.3 Å². The molecule has 1 fully saturated rings. The van der Waals surface area contributed by atoms with Crippen LogP contribution in [0.3, 0.4) is 0 Å². The van der Waals surface area contributed by atoms with Crippen molar-refractivity contribution in [1.82, 2.24) is 0 Å². The molecule has 11 heavy (non-hydrogen) atoms. The molecule has 1 rings (SSSR count). The first-order valence-corrected chi connectivity index (χ1v) is 4.03. The summed E-state index contributed by atoms with van der Waals surface area (Å²) in [5, 5.41) is -0.213. The van der Waals surface area contributed by atoms with Gasteiger partial charge in [-0.1, -0.05) is 6.42 Å². The molecule has 0 radical (unpaired) electrons. The van der Waals surface area contributed by atoms with Gasteiger partial charge in [0.1, 0.15) is 0 Å². The van der Waals surface area contributed by atoms with Gasteiger partial charge in [0.05, 0.1) is 0 Å². The Kier molecular flexibility index (Phi) is 5.06. The zero-order valence-electron chi connectivity index (χ0n) is 6.25. The van der Waals surface area contributed by atoms with Crippen LogP contribution in [0.15, 0.2) is 0 Å². The lowest BCUT2D eigenvalue weighted by molar-refractivity contribution is -0.116. The molecule has 1 aliphatic rings. The molecule has 0 spiro atoms. The first kappa shape index (κ1) is 11.2. The van der Waals surface area contributed by atoms with Gasteiger partial charge in [-0.15, -0.1) is 12.4 Å². The standard InChI is InChI=1S/C7H12ClNO.ClH/c8-7(10)5-2-1-3-6(9)4-5;/h5-6H,1-4,9H2;1H. The van der Waals surface area contributed by atoms with E-state index in [0.717, 1.165) is 25.7 Å². The van der Waals surface area contributed by atoms with E-state index in [2.05, 4.69) is 0 Å². The fourth-order valence-corrected chi connectivity index (χ4v) is 1.63. The Bertz CT molecular complexity index is 140. The minimum Gasteiger partial charge on any atom is -0.328 e. The number of carbonyl (C=O) groups excluding carboxylic acids is 1. The Morgan fingerprint density at radius 3 is 2.45 bits per heavy atom. The summed E-state index contributed by atoms with van der Waals surface area (Å²) < 4.78 is 0. The third kappa shape index (κ3) is 3.41. The first-order valence-electron chi connectivity index (χ1n) is 3.65. The van der Waals surface area contributed by atoms with Gasteiger partial charge >= 0.3 is 0 Å². The van der Waals surface area contributed by atoms with E-state index in [1.165, 1.54) is 0 Å². The van der Waals surface area contributed by atoms with Gasteiger partial charge in [0.15, 0.2) is 0 Å². The average molecular weight is 198 g/mol. The van der Waals surface area contributed by atoms with Gasteiger partial charge in [0, 0.05) is 12.0 Å². The Morgan fingerprint density at radius 2 is 2.09 bits per heavy atom. The van der Waals surface area contributed by atoms with Crippen molar-refractivity contribution in [3.05, 3.63) is 0 Å². The van der Waals surface area contributed by atoms with Gasteiger partial charge < -0.3 is 5.73 Å². The normalized spacial score (nSPS) is 30.7. The molecular weight excluding hydrogens is 185 g/mol. The van der Waals surface area contributed by atoms with Gasteiger partial charge in [-0.2, -0.15) is 0 Å². The smallest absolute Gasteiger partial charge is 0.224 e. The topological polar surface area (TPSA) is 43.1 Å². The van der Waals surface area contributed by atoms with Crippen molar-refractivity contribution < 1.29 is 4.79 Å². The first-order chi connectivity index (χ1) is 4.70. The molecule has 1 saturated carbocycles. The molecule has 0 aliphatic heterocycles. The van der Waals surface area contributed by atoms with Crippen LogP contribution in [0, 0.1) is 5.92 Å². The number of nitrogens with two attached hydrogens (primary N) is 1. The number of halogens is 2. The average Bonchev–Trinajstić information content (AvgIpc) is 1.88. The molecule has 0 bridgehead atoms. The Morgan fingerprint density at radius 1 is 1.45 bits per heavy atom. The number of hydrogen-bond donors (Lipinski definition) is 1. The lowest BCUT2D eigenvalue weighted by Gasteiger charge is -2.23. The highest BCUT2D eigenvalue weighted by Gasteiger charge is 2.23. The summed E-state index contributed by atoms with van der Waals surface area (Å²) in [6, 6.07) is 0.196. The maximum absolute atomic E-state index is 10.7. The number of hydrogen-bond acceptors (Lipinski definition) is 2. The molecule has 0 aromatic carbocycles. The Balaban J connectivity index is 0.000001000. The SMILES string of the molecule is Cl.NC1CCCC(C(=O)Cl)C1. The lowest BCUT2D eigenvalue weighted by Crippen LogP contribution is -2.30. The molecule has 2 unspecified atom stereocenters. The second-order valence-corrected chi connectivity index (χ2v) is 3.30. The molecule has 1 aliphatic carbocycles.